The Balaban J connectivity index is 3.28. The van der Waals surface area contributed by atoms with Crippen LogP contribution in [0.1, 0.15) is 20.3 Å². The van der Waals surface area contributed by atoms with Crippen molar-refractivity contribution >= 4 is 21.4 Å². The third-order valence-corrected chi connectivity index (χ3v) is 4.99. The largest absolute Gasteiger partial charge is 0.396 e. The van der Waals surface area contributed by atoms with E-state index in [4.69, 9.17) is 10.8 Å². The molecule has 1 aromatic carbocycles. The number of aliphatic hydroxyl groups excluding tert-OH is 1. The van der Waals surface area contributed by atoms with Crippen LogP contribution in [0.5, 0.6) is 0 Å². The summed E-state index contributed by atoms with van der Waals surface area (Å²) in [5, 5.41) is 19.7. The maximum absolute atomic E-state index is 12.5. The van der Waals surface area contributed by atoms with Gasteiger partial charge in [0.15, 0.2) is 0 Å². The summed E-state index contributed by atoms with van der Waals surface area (Å²) >= 11 is 0. The number of hydrogen-bond donors (Lipinski definition) is 2. The van der Waals surface area contributed by atoms with Gasteiger partial charge in [0.25, 0.3) is 5.69 Å². The SMILES string of the molecule is CC(C)N(CCCO)S(=O)(=O)c1ccc(N)c([N+](=O)[O-])c1. The van der Waals surface area contributed by atoms with Crippen LogP contribution in [0.3, 0.4) is 0 Å². The first kappa shape index (κ1) is 17.3. The van der Waals surface area contributed by atoms with Crippen molar-refractivity contribution in [3.05, 3.63) is 28.3 Å². The van der Waals surface area contributed by atoms with Gasteiger partial charge in [0, 0.05) is 25.3 Å². The van der Waals surface area contributed by atoms with E-state index >= 15 is 0 Å². The van der Waals surface area contributed by atoms with E-state index in [1.807, 2.05) is 0 Å². The molecule has 3 N–H and O–H groups in total. The van der Waals surface area contributed by atoms with E-state index in [1.165, 1.54) is 16.4 Å². The number of nitrogens with two attached hydrogens (primary N) is 1. The molecule has 1 rings (SSSR count). The quantitative estimate of drug-likeness (QED) is 0.438. The van der Waals surface area contributed by atoms with Gasteiger partial charge in [-0.3, -0.25) is 10.1 Å². The van der Waals surface area contributed by atoms with Crippen LogP contribution < -0.4 is 5.73 Å². The normalized spacial score (nSPS) is 12.0. The summed E-state index contributed by atoms with van der Waals surface area (Å²) in [6.07, 6.45) is 0.286. The number of hydrogen-bond acceptors (Lipinski definition) is 6. The summed E-state index contributed by atoms with van der Waals surface area (Å²) in [4.78, 5) is 9.96. The Morgan fingerprint density at radius 1 is 1.43 bits per heavy atom. The van der Waals surface area contributed by atoms with Crippen molar-refractivity contribution in [2.45, 2.75) is 31.2 Å². The summed E-state index contributed by atoms with van der Waals surface area (Å²) in [6.45, 7) is 3.39. The lowest BCUT2D eigenvalue weighted by atomic mass is 10.3. The zero-order valence-electron chi connectivity index (χ0n) is 11.9. The molecule has 9 heteroatoms. The van der Waals surface area contributed by atoms with Crippen LogP contribution in [0.2, 0.25) is 0 Å². The first-order valence-corrected chi connectivity index (χ1v) is 7.82. The zero-order valence-corrected chi connectivity index (χ0v) is 12.7. The first-order valence-electron chi connectivity index (χ1n) is 6.38. The smallest absolute Gasteiger partial charge is 0.293 e. The summed E-state index contributed by atoms with van der Waals surface area (Å²) in [7, 11) is -3.88. The van der Waals surface area contributed by atoms with E-state index < -0.39 is 20.6 Å². The molecule has 0 aliphatic heterocycles. The molecule has 0 amide bonds. The monoisotopic (exact) mass is 317 g/mol. The van der Waals surface area contributed by atoms with Crippen LogP contribution in [0.15, 0.2) is 23.1 Å². The van der Waals surface area contributed by atoms with Crippen LogP contribution in [0.25, 0.3) is 0 Å². The fraction of sp³-hybridized carbons (Fsp3) is 0.500. The number of anilines is 1. The molecule has 0 unspecified atom stereocenters. The fourth-order valence-corrected chi connectivity index (χ4v) is 3.56. The molecule has 0 saturated carbocycles. The van der Waals surface area contributed by atoms with Crippen LogP contribution in [-0.2, 0) is 10.0 Å². The van der Waals surface area contributed by atoms with Gasteiger partial charge in [0.1, 0.15) is 5.69 Å². The number of sulfonamides is 1. The Bertz CT molecular complexity index is 615. The van der Waals surface area contributed by atoms with Crippen LogP contribution in [-0.4, -0.2) is 41.9 Å². The summed E-state index contributed by atoms with van der Waals surface area (Å²) in [6, 6.07) is 3.07. The molecule has 118 valence electrons. The van der Waals surface area contributed by atoms with Crippen LogP contribution in [0, 0.1) is 10.1 Å². The molecule has 0 fully saturated rings. The van der Waals surface area contributed by atoms with Crippen molar-refractivity contribution in [2.75, 3.05) is 18.9 Å². The number of nitro groups is 1. The van der Waals surface area contributed by atoms with Crippen molar-refractivity contribution in [3.8, 4) is 0 Å². The minimum Gasteiger partial charge on any atom is -0.396 e. The number of nitrogen functional groups attached to an aromatic ring is 1. The molecule has 0 heterocycles. The Kier molecular flexibility index (Phi) is 5.64. The molecular formula is C12H19N3O5S. The predicted molar refractivity (Wildman–Crippen MR) is 78.2 cm³/mol. The summed E-state index contributed by atoms with van der Waals surface area (Å²) < 4.78 is 26.3. The average molecular weight is 317 g/mol. The van der Waals surface area contributed by atoms with Gasteiger partial charge in [-0.15, -0.1) is 0 Å². The van der Waals surface area contributed by atoms with Crippen LogP contribution in [0.4, 0.5) is 11.4 Å². The van der Waals surface area contributed by atoms with Gasteiger partial charge < -0.3 is 10.8 Å². The van der Waals surface area contributed by atoms with E-state index in [1.54, 1.807) is 13.8 Å². The van der Waals surface area contributed by atoms with E-state index in [9.17, 15) is 18.5 Å². The maximum atomic E-state index is 12.5. The molecule has 0 spiro atoms. The molecule has 0 atom stereocenters. The van der Waals surface area contributed by atoms with Gasteiger partial charge in [0.05, 0.1) is 9.82 Å². The van der Waals surface area contributed by atoms with Crippen molar-refractivity contribution < 1.29 is 18.4 Å². The second-order valence-corrected chi connectivity index (χ2v) is 6.65. The van der Waals surface area contributed by atoms with Gasteiger partial charge >= 0.3 is 0 Å². The molecule has 0 radical (unpaired) electrons. The van der Waals surface area contributed by atoms with E-state index in [2.05, 4.69) is 0 Å². The van der Waals surface area contributed by atoms with Gasteiger partial charge in [0.2, 0.25) is 10.0 Å². The highest BCUT2D eigenvalue weighted by molar-refractivity contribution is 7.89. The standard InChI is InChI=1S/C12H19N3O5S/c1-9(2)14(6-3-7-16)21(19,20)10-4-5-11(13)12(8-10)15(17)18/h4-5,8-9,16H,3,6-7,13H2,1-2H3. The number of nitro benzene ring substituents is 1. The molecule has 8 nitrogen and oxygen atoms in total. The minimum absolute atomic E-state index is 0.0922. The number of rotatable bonds is 7. The minimum atomic E-state index is -3.88. The fourth-order valence-electron chi connectivity index (χ4n) is 1.86. The number of benzene rings is 1. The summed E-state index contributed by atoms with van der Waals surface area (Å²) in [5.41, 5.74) is 4.93. The Morgan fingerprint density at radius 2 is 2.05 bits per heavy atom. The Hall–Kier alpha value is -1.71. The molecule has 21 heavy (non-hydrogen) atoms. The third kappa shape index (κ3) is 3.90. The van der Waals surface area contributed by atoms with Crippen LogP contribution >= 0.6 is 0 Å². The highest BCUT2D eigenvalue weighted by Gasteiger charge is 2.28. The highest BCUT2D eigenvalue weighted by atomic mass is 32.2. The second-order valence-electron chi connectivity index (χ2n) is 4.76. The second kappa shape index (κ2) is 6.83. The molecular weight excluding hydrogens is 298 g/mol. The van der Waals surface area contributed by atoms with E-state index in [0.29, 0.717) is 0 Å². The van der Waals surface area contributed by atoms with Gasteiger partial charge in [-0.25, -0.2) is 8.42 Å². The Morgan fingerprint density at radius 3 is 2.52 bits per heavy atom. The third-order valence-electron chi connectivity index (χ3n) is 2.92. The average Bonchev–Trinajstić information content (AvgIpc) is 2.38. The molecule has 1 aromatic rings. The van der Waals surface area contributed by atoms with Gasteiger partial charge in [-0.1, -0.05) is 0 Å². The van der Waals surface area contributed by atoms with Crippen molar-refractivity contribution in [2.24, 2.45) is 0 Å². The molecule has 0 aromatic heterocycles. The summed E-state index contributed by atoms with van der Waals surface area (Å²) in [5.74, 6) is 0. The lowest BCUT2D eigenvalue weighted by Gasteiger charge is -2.25. The van der Waals surface area contributed by atoms with E-state index in [-0.39, 0.29) is 36.2 Å². The molecule has 0 aliphatic carbocycles. The molecule has 0 saturated heterocycles. The van der Waals surface area contributed by atoms with E-state index in [0.717, 1.165) is 6.07 Å². The predicted octanol–water partition coefficient (Wildman–Crippen LogP) is 0.959. The lowest BCUT2D eigenvalue weighted by Crippen LogP contribution is -2.38. The zero-order chi connectivity index (χ0) is 16.2. The number of nitrogens with zero attached hydrogens (tertiary/aromatic N) is 2. The van der Waals surface area contributed by atoms with Crippen molar-refractivity contribution in [1.82, 2.24) is 4.31 Å². The number of aliphatic hydroxyl groups is 1. The van der Waals surface area contributed by atoms with Crippen molar-refractivity contribution in [1.29, 1.82) is 0 Å². The highest BCUT2D eigenvalue weighted by Crippen LogP contribution is 2.27. The first-order chi connectivity index (χ1) is 9.71. The van der Waals surface area contributed by atoms with Gasteiger partial charge in [-0.2, -0.15) is 4.31 Å². The lowest BCUT2D eigenvalue weighted by molar-refractivity contribution is -0.384. The van der Waals surface area contributed by atoms with Gasteiger partial charge in [-0.05, 0) is 32.4 Å². The molecule has 0 bridgehead atoms. The molecule has 0 aliphatic rings. The topological polar surface area (TPSA) is 127 Å². The van der Waals surface area contributed by atoms with Crippen molar-refractivity contribution in [3.63, 3.8) is 0 Å². The Labute approximate surface area is 123 Å². The maximum Gasteiger partial charge on any atom is 0.293 e.